The van der Waals surface area contributed by atoms with Gasteiger partial charge in [-0.05, 0) is 37.0 Å². The average Bonchev–Trinajstić information content (AvgIpc) is 3.25. The minimum atomic E-state index is -0.800. The minimum Gasteiger partial charge on any atom is -0.456 e. The Morgan fingerprint density at radius 1 is 1.17 bits per heavy atom. The molecular weight excluding hydrogens is 381 g/mol. The minimum absolute atomic E-state index is 0.0720. The molecule has 9 heteroatoms. The fourth-order valence-electron chi connectivity index (χ4n) is 3.67. The maximum atomic E-state index is 12.8. The number of amides is 4. The van der Waals surface area contributed by atoms with Crippen molar-refractivity contribution in [3.63, 3.8) is 0 Å². The molecule has 8 nitrogen and oxygen atoms in total. The fourth-order valence-corrected chi connectivity index (χ4v) is 3.67. The summed E-state index contributed by atoms with van der Waals surface area (Å²) >= 11 is 0. The number of carbonyl (C=O) groups is 4. The van der Waals surface area contributed by atoms with Crippen LogP contribution in [0.3, 0.4) is 0 Å². The van der Waals surface area contributed by atoms with Gasteiger partial charge in [0.05, 0.1) is 6.42 Å². The summed E-state index contributed by atoms with van der Waals surface area (Å²) in [5, 5.41) is 5.35. The van der Waals surface area contributed by atoms with Crippen LogP contribution < -0.4 is 10.6 Å². The maximum absolute atomic E-state index is 12.8. The number of ether oxygens (including phenoxy) is 1. The van der Waals surface area contributed by atoms with E-state index in [4.69, 9.17) is 4.74 Å². The number of hydrogen-bond acceptors (Lipinski definition) is 5. The van der Waals surface area contributed by atoms with E-state index in [1.165, 1.54) is 12.1 Å². The molecule has 1 aromatic carbocycles. The Labute approximate surface area is 167 Å². The van der Waals surface area contributed by atoms with Crippen LogP contribution in [0.15, 0.2) is 24.3 Å². The molecule has 1 saturated carbocycles. The van der Waals surface area contributed by atoms with Crippen molar-refractivity contribution in [1.29, 1.82) is 0 Å². The van der Waals surface area contributed by atoms with Crippen LogP contribution in [-0.4, -0.2) is 54.0 Å². The van der Waals surface area contributed by atoms with E-state index in [0.717, 1.165) is 23.3 Å². The first kappa shape index (κ1) is 20.8. The lowest BCUT2D eigenvalue weighted by atomic mass is 9.98. The fraction of sp³-hybridized carbons (Fsp3) is 0.500. The number of esters is 1. The number of carbonyl (C=O) groups excluding carboxylic acids is 4. The molecule has 1 aliphatic carbocycles. The first-order valence-electron chi connectivity index (χ1n) is 9.70. The summed E-state index contributed by atoms with van der Waals surface area (Å²) in [5.74, 6) is -1.73. The molecule has 2 N–H and O–H groups in total. The zero-order valence-corrected chi connectivity index (χ0v) is 16.0. The van der Waals surface area contributed by atoms with Gasteiger partial charge in [0, 0.05) is 13.1 Å². The van der Waals surface area contributed by atoms with Crippen molar-refractivity contribution in [2.45, 2.75) is 44.1 Å². The number of imide groups is 1. The smallest absolute Gasteiger partial charge is 0.325 e. The van der Waals surface area contributed by atoms with E-state index in [0.29, 0.717) is 25.8 Å². The molecule has 1 saturated heterocycles. The van der Waals surface area contributed by atoms with Crippen LogP contribution in [0.4, 0.5) is 9.18 Å². The highest BCUT2D eigenvalue weighted by molar-refractivity contribution is 6.07. The second-order valence-corrected chi connectivity index (χ2v) is 7.31. The monoisotopic (exact) mass is 405 g/mol. The van der Waals surface area contributed by atoms with Gasteiger partial charge in [0.15, 0.2) is 6.61 Å². The highest BCUT2D eigenvalue weighted by Crippen LogP contribution is 2.35. The Kier molecular flexibility index (Phi) is 6.46. The molecule has 2 aliphatic rings. The van der Waals surface area contributed by atoms with Crippen molar-refractivity contribution in [3.8, 4) is 0 Å². The molecule has 1 aliphatic heterocycles. The summed E-state index contributed by atoms with van der Waals surface area (Å²) in [6, 6.07) is 5.47. The van der Waals surface area contributed by atoms with Crippen LogP contribution in [-0.2, 0) is 25.5 Å². The number of nitrogens with zero attached hydrogens (tertiary/aromatic N) is 1. The zero-order chi connectivity index (χ0) is 20.9. The van der Waals surface area contributed by atoms with Crippen molar-refractivity contribution in [2.75, 3.05) is 19.7 Å². The van der Waals surface area contributed by atoms with Gasteiger partial charge in [0.2, 0.25) is 0 Å². The Balaban J connectivity index is 1.33. The quantitative estimate of drug-likeness (QED) is 0.501. The molecule has 2 fully saturated rings. The largest absolute Gasteiger partial charge is 0.456 e. The predicted octanol–water partition coefficient (Wildman–Crippen LogP) is 1.28. The van der Waals surface area contributed by atoms with E-state index in [1.54, 1.807) is 12.1 Å². The van der Waals surface area contributed by atoms with Gasteiger partial charge in [-0.3, -0.25) is 19.3 Å². The molecule has 3 rings (SSSR count). The van der Waals surface area contributed by atoms with Gasteiger partial charge in [-0.1, -0.05) is 25.0 Å². The predicted molar refractivity (Wildman–Crippen MR) is 100 cm³/mol. The molecule has 1 spiro atoms. The van der Waals surface area contributed by atoms with Gasteiger partial charge >= 0.3 is 12.0 Å². The van der Waals surface area contributed by atoms with Crippen molar-refractivity contribution >= 4 is 23.8 Å². The topological polar surface area (TPSA) is 105 Å². The van der Waals surface area contributed by atoms with Gasteiger partial charge in [-0.15, -0.1) is 0 Å². The van der Waals surface area contributed by atoms with Crippen LogP contribution in [0.1, 0.15) is 37.7 Å². The summed E-state index contributed by atoms with van der Waals surface area (Å²) in [6.07, 6.45) is 3.37. The van der Waals surface area contributed by atoms with Crippen molar-refractivity contribution in [1.82, 2.24) is 15.5 Å². The van der Waals surface area contributed by atoms with E-state index in [2.05, 4.69) is 10.6 Å². The van der Waals surface area contributed by atoms with Gasteiger partial charge < -0.3 is 15.4 Å². The summed E-state index contributed by atoms with van der Waals surface area (Å²) in [5.41, 5.74) is 0.0723. The number of rotatable bonds is 8. The lowest BCUT2D eigenvalue weighted by molar-refractivity contribution is -0.149. The Morgan fingerprint density at radius 2 is 1.86 bits per heavy atom. The molecule has 0 bridgehead atoms. The molecule has 0 atom stereocenters. The van der Waals surface area contributed by atoms with Gasteiger partial charge in [0.25, 0.3) is 11.8 Å². The molecule has 0 radical (unpaired) electrons. The molecular formula is C20H24FN3O5. The van der Waals surface area contributed by atoms with E-state index in [1.807, 2.05) is 0 Å². The molecule has 29 heavy (non-hydrogen) atoms. The maximum Gasteiger partial charge on any atom is 0.325 e. The number of urea groups is 1. The lowest BCUT2D eigenvalue weighted by Gasteiger charge is -2.19. The molecule has 1 heterocycles. The third kappa shape index (κ3) is 5.10. The molecule has 156 valence electrons. The van der Waals surface area contributed by atoms with Crippen molar-refractivity contribution in [3.05, 3.63) is 35.6 Å². The van der Waals surface area contributed by atoms with Crippen LogP contribution in [0.25, 0.3) is 0 Å². The highest BCUT2D eigenvalue weighted by atomic mass is 19.1. The summed E-state index contributed by atoms with van der Waals surface area (Å²) in [4.78, 5) is 49.2. The van der Waals surface area contributed by atoms with E-state index in [9.17, 15) is 23.6 Å². The first-order valence-corrected chi connectivity index (χ1v) is 9.70. The molecule has 1 aromatic rings. The van der Waals surface area contributed by atoms with Crippen LogP contribution >= 0.6 is 0 Å². The molecule has 4 amide bonds. The molecule has 0 unspecified atom stereocenters. The first-order chi connectivity index (χ1) is 13.9. The SMILES string of the molecule is O=C(COC(=O)CCN1C(=O)NC2(CCCC2)C1=O)NCCc1ccc(F)cc1. The van der Waals surface area contributed by atoms with Crippen LogP contribution in [0.2, 0.25) is 0 Å². The molecule has 0 aromatic heterocycles. The average molecular weight is 405 g/mol. The number of benzene rings is 1. The number of halogens is 1. The normalized spacial score (nSPS) is 17.5. The van der Waals surface area contributed by atoms with Crippen LogP contribution in [0, 0.1) is 5.82 Å². The third-order valence-electron chi connectivity index (χ3n) is 5.26. The summed E-state index contributed by atoms with van der Waals surface area (Å²) in [7, 11) is 0. The zero-order valence-electron chi connectivity index (χ0n) is 16.0. The van der Waals surface area contributed by atoms with E-state index in [-0.39, 0.29) is 24.7 Å². The second-order valence-electron chi connectivity index (χ2n) is 7.31. The third-order valence-corrected chi connectivity index (χ3v) is 5.26. The highest BCUT2D eigenvalue weighted by Gasteiger charge is 2.52. The lowest BCUT2D eigenvalue weighted by Crippen LogP contribution is -2.44. The Morgan fingerprint density at radius 3 is 2.55 bits per heavy atom. The number of nitrogens with one attached hydrogen (secondary N) is 2. The van der Waals surface area contributed by atoms with Gasteiger partial charge in [0.1, 0.15) is 11.4 Å². The van der Waals surface area contributed by atoms with Gasteiger partial charge in [-0.25, -0.2) is 9.18 Å². The standard InChI is InChI=1S/C20H24FN3O5/c21-15-5-3-14(4-6-15)7-11-22-16(25)13-29-17(26)8-12-24-18(27)20(23-19(24)28)9-1-2-10-20/h3-6H,1-2,7-13H2,(H,22,25)(H,23,28). The van der Waals surface area contributed by atoms with E-state index < -0.39 is 30.1 Å². The van der Waals surface area contributed by atoms with Crippen LogP contribution in [0.5, 0.6) is 0 Å². The Bertz CT molecular complexity index is 790. The van der Waals surface area contributed by atoms with Crippen molar-refractivity contribution in [2.24, 2.45) is 0 Å². The Hall–Kier alpha value is -2.97. The van der Waals surface area contributed by atoms with Gasteiger partial charge in [-0.2, -0.15) is 0 Å². The van der Waals surface area contributed by atoms with Crippen molar-refractivity contribution < 1.29 is 28.3 Å². The summed E-state index contributed by atoms with van der Waals surface area (Å²) < 4.78 is 17.7. The number of hydrogen-bond donors (Lipinski definition) is 2. The summed E-state index contributed by atoms with van der Waals surface area (Å²) in [6.45, 7) is -0.184. The second kappa shape index (κ2) is 9.02. The van der Waals surface area contributed by atoms with E-state index >= 15 is 0 Å².